The van der Waals surface area contributed by atoms with Crippen molar-refractivity contribution in [1.82, 2.24) is 30.1 Å². The van der Waals surface area contributed by atoms with Crippen molar-refractivity contribution in [1.29, 1.82) is 10.5 Å². The number of carbonyl (C=O) groups excluding carboxylic acids is 1. The van der Waals surface area contributed by atoms with Gasteiger partial charge in [0.2, 0.25) is 5.78 Å². The molecule has 0 aliphatic rings. The first-order chi connectivity index (χ1) is 21.1. The number of Topliss-reactive ketones (excluding diaryl/α,β-unsaturated/α-hetero) is 1. The molecule has 0 spiro atoms. The molecule has 5 aromatic rings. The van der Waals surface area contributed by atoms with Crippen LogP contribution in [0.25, 0.3) is 16.1 Å². The largest absolute Gasteiger partial charge is 0.361 e. The van der Waals surface area contributed by atoms with Gasteiger partial charge in [-0.25, -0.2) is 15.0 Å². The van der Waals surface area contributed by atoms with Gasteiger partial charge in [0.1, 0.15) is 34.3 Å². The summed E-state index contributed by atoms with van der Waals surface area (Å²) in [6.07, 6.45) is 6.46. The molecule has 13 heteroatoms. The summed E-state index contributed by atoms with van der Waals surface area (Å²) < 4.78 is 2.75. The zero-order chi connectivity index (χ0) is 32.3. The molecule has 0 aromatic carbocycles. The van der Waals surface area contributed by atoms with Gasteiger partial charge in [-0.3, -0.25) is 9.89 Å². The number of rotatable bonds is 1. The molecule has 0 saturated heterocycles. The molecule has 0 atom stereocenters. The number of carbonyl (C=O) groups is 1. The van der Waals surface area contributed by atoms with E-state index in [9.17, 15) is 4.79 Å². The number of ketones is 1. The zero-order valence-corrected chi connectivity index (χ0v) is 27.9. The van der Waals surface area contributed by atoms with Gasteiger partial charge in [-0.1, -0.05) is 18.6 Å². The van der Waals surface area contributed by atoms with Crippen LogP contribution in [-0.4, -0.2) is 35.9 Å². The van der Waals surface area contributed by atoms with Crippen LogP contribution in [0.3, 0.4) is 0 Å². The van der Waals surface area contributed by atoms with E-state index >= 15 is 0 Å². The van der Waals surface area contributed by atoms with Crippen molar-refractivity contribution in [3.8, 4) is 35.2 Å². The summed E-state index contributed by atoms with van der Waals surface area (Å²) in [4.78, 5) is 29.1. The Bertz CT molecular complexity index is 1820. The molecule has 0 radical (unpaired) electrons. The smallest absolute Gasteiger partial charge is 0.269 e. The fourth-order valence-electron chi connectivity index (χ4n) is 2.66. The maximum absolute atomic E-state index is 10.5. The SMILES string of the molecule is Brc1ccc(Br)nc1.Cc1cc(-c2ccc(C#N)nc2)n[nH]1.N#Cc1ccc(Br)cn1.[C-]#[N+]c1ccc(C#CC(C)=O)cn1. The van der Waals surface area contributed by atoms with Crippen molar-refractivity contribution in [2.75, 3.05) is 0 Å². The molecule has 216 valence electrons. The Labute approximate surface area is 279 Å². The standard InChI is InChI=1S/C10H8N4.C10H6N2O.C6H3BrN2.C5H3Br2N/c1-7-4-10(14-13-7)8-2-3-9(5-11)12-6-8;1-8(13)3-4-9-5-6-10(11-2)12-7-9;7-5-1-2-6(3-8)9-4-5;6-4-1-2-5(7)8-3-4/h2-4,6H,1H3,(H,13,14);5-7H,1H3;1-2,4H;1-3H. The van der Waals surface area contributed by atoms with Crippen LogP contribution in [0.5, 0.6) is 0 Å². The number of nitrogens with zero attached hydrogens (tertiary/aromatic N) is 8. The Kier molecular flexibility index (Phi) is 15.3. The van der Waals surface area contributed by atoms with Gasteiger partial charge in [0.15, 0.2) is 0 Å². The highest BCUT2D eigenvalue weighted by Gasteiger charge is 2.02. The highest BCUT2D eigenvalue weighted by Crippen LogP contribution is 2.16. The summed E-state index contributed by atoms with van der Waals surface area (Å²) in [5.74, 6) is 5.16. The lowest BCUT2D eigenvalue weighted by atomic mass is 10.2. The lowest BCUT2D eigenvalue weighted by Gasteiger charge is -1.93. The summed E-state index contributed by atoms with van der Waals surface area (Å²) in [5, 5.41) is 23.8. The summed E-state index contributed by atoms with van der Waals surface area (Å²) in [6.45, 7) is 9.99. The number of aromatic amines is 1. The van der Waals surface area contributed by atoms with Crippen molar-refractivity contribution in [3.63, 3.8) is 0 Å². The maximum atomic E-state index is 10.5. The van der Waals surface area contributed by atoms with Crippen molar-refractivity contribution in [2.24, 2.45) is 0 Å². The molecule has 0 bridgehead atoms. The van der Waals surface area contributed by atoms with E-state index < -0.39 is 0 Å². The lowest BCUT2D eigenvalue weighted by Crippen LogP contribution is -1.83. The van der Waals surface area contributed by atoms with E-state index in [1.807, 2.05) is 43.3 Å². The average molecular weight is 774 g/mol. The van der Waals surface area contributed by atoms with E-state index in [-0.39, 0.29) is 5.78 Å². The molecular formula is C31H20Br3N9O. The van der Waals surface area contributed by atoms with Gasteiger partial charge in [0.25, 0.3) is 5.82 Å². The summed E-state index contributed by atoms with van der Waals surface area (Å²) in [6, 6.07) is 19.8. The lowest BCUT2D eigenvalue weighted by molar-refractivity contribution is -0.111. The van der Waals surface area contributed by atoms with Crippen LogP contribution in [0.15, 0.2) is 92.9 Å². The molecule has 0 amide bonds. The van der Waals surface area contributed by atoms with Gasteiger partial charge in [0, 0.05) is 45.7 Å². The van der Waals surface area contributed by atoms with E-state index in [1.54, 1.807) is 48.9 Å². The first-order valence-corrected chi connectivity index (χ1v) is 14.5. The zero-order valence-electron chi connectivity index (χ0n) is 23.1. The Hall–Kier alpha value is -5.05. The molecule has 0 saturated carbocycles. The van der Waals surface area contributed by atoms with E-state index in [0.29, 0.717) is 22.8 Å². The molecule has 0 fully saturated rings. The minimum atomic E-state index is -0.186. The fraction of sp³-hybridized carbons (Fsp3) is 0.0645. The van der Waals surface area contributed by atoms with Crippen LogP contribution in [0.1, 0.15) is 29.6 Å². The first-order valence-electron chi connectivity index (χ1n) is 12.2. The van der Waals surface area contributed by atoms with Crippen LogP contribution in [-0.2, 0) is 4.79 Å². The summed E-state index contributed by atoms with van der Waals surface area (Å²) in [5.41, 5.74) is 4.26. The van der Waals surface area contributed by atoms with Crippen molar-refractivity contribution < 1.29 is 4.79 Å². The predicted molar refractivity (Wildman–Crippen MR) is 176 cm³/mol. The number of pyridine rings is 4. The number of nitrogens with one attached hydrogen (secondary N) is 1. The molecule has 5 aromatic heterocycles. The number of halogens is 3. The Morgan fingerprint density at radius 3 is 1.89 bits per heavy atom. The van der Waals surface area contributed by atoms with Gasteiger partial charge >= 0.3 is 0 Å². The van der Waals surface area contributed by atoms with Crippen LogP contribution < -0.4 is 0 Å². The normalized spacial score (nSPS) is 8.86. The molecule has 10 nitrogen and oxygen atoms in total. The van der Waals surface area contributed by atoms with Crippen molar-refractivity contribution in [2.45, 2.75) is 13.8 Å². The predicted octanol–water partition coefficient (Wildman–Crippen LogP) is 7.55. The number of hydrogen-bond donors (Lipinski definition) is 1. The number of nitriles is 2. The van der Waals surface area contributed by atoms with E-state index in [2.05, 4.69) is 94.6 Å². The van der Waals surface area contributed by atoms with E-state index in [1.165, 1.54) is 13.1 Å². The number of aromatic nitrogens is 6. The number of hydrogen-bond acceptors (Lipinski definition) is 8. The third-order valence-corrected chi connectivity index (χ3v) is 6.07. The minimum absolute atomic E-state index is 0.186. The van der Waals surface area contributed by atoms with Crippen LogP contribution in [0, 0.1) is 48.0 Å². The van der Waals surface area contributed by atoms with Crippen molar-refractivity contribution in [3.05, 3.63) is 127 Å². The Morgan fingerprint density at radius 2 is 1.48 bits per heavy atom. The number of H-pyrrole nitrogens is 1. The van der Waals surface area contributed by atoms with Gasteiger partial charge in [-0.05, 0) is 109 Å². The highest BCUT2D eigenvalue weighted by molar-refractivity contribution is 9.11. The molecule has 0 aliphatic carbocycles. The van der Waals surface area contributed by atoms with Crippen LogP contribution >= 0.6 is 47.8 Å². The van der Waals surface area contributed by atoms with E-state index in [4.69, 9.17) is 17.1 Å². The number of aryl methyl sites for hydroxylation is 1. The van der Waals surface area contributed by atoms with Crippen molar-refractivity contribution >= 4 is 59.4 Å². The molecule has 0 aliphatic heterocycles. The Balaban J connectivity index is 0.000000210. The molecule has 0 unspecified atom stereocenters. The maximum Gasteiger partial charge on any atom is 0.269 e. The van der Waals surface area contributed by atoms with Gasteiger partial charge in [0.05, 0.1) is 11.3 Å². The third kappa shape index (κ3) is 13.7. The minimum Gasteiger partial charge on any atom is -0.361 e. The topological polar surface area (TPSA) is 149 Å². The molecule has 44 heavy (non-hydrogen) atoms. The van der Waals surface area contributed by atoms with Crippen LogP contribution in [0.2, 0.25) is 0 Å². The highest BCUT2D eigenvalue weighted by atomic mass is 79.9. The third-order valence-electron chi connectivity index (χ3n) is 4.66. The molecular weight excluding hydrogens is 754 g/mol. The first kappa shape index (κ1) is 35.1. The van der Waals surface area contributed by atoms with Gasteiger partial charge in [-0.15, -0.1) is 4.98 Å². The summed E-state index contributed by atoms with van der Waals surface area (Å²) >= 11 is 9.68. The Morgan fingerprint density at radius 1 is 0.841 bits per heavy atom. The van der Waals surface area contributed by atoms with Gasteiger partial charge < -0.3 is 4.85 Å². The van der Waals surface area contributed by atoms with Gasteiger partial charge in [-0.2, -0.15) is 15.6 Å². The quantitative estimate of drug-likeness (QED) is 0.104. The fourth-order valence-corrected chi connectivity index (χ4v) is 3.37. The molecule has 5 heterocycles. The molecule has 1 N–H and O–H groups in total. The second-order valence-corrected chi connectivity index (χ2v) is 10.7. The second-order valence-electron chi connectivity index (χ2n) is 8.08. The monoisotopic (exact) mass is 771 g/mol. The summed E-state index contributed by atoms with van der Waals surface area (Å²) in [7, 11) is 0. The molecule has 5 rings (SSSR count). The van der Waals surface area contributed by atoms with Crippen LogP contribution in [0.4, 0.5) is 5.82 Å². The van der Waals surface area contributed by atoms with E-state index in [0.717, 1.165) is 30.5 Å². The average Bonchev–Trinajstić information content (AvgIpc) is 3.49. The second kappa shape index (κ2) is 19.2.